The summed E-state index contributed by atoms with van der Waals surface area (Å²) in [6.45, 7) is 3.03. The summed E-state index contributed by atoms with van der Waals surface area (Å²) in [4.78, 5) is 17.7. The van der Waals surface area contributed by atoms with Crippen molar-refractivity contribution in [1.29, 1.82) is 0 Å². The van der Waals surface area contributed by atoms with Crippen molar-refractivity contribution in [3.8, 4) is 0 Å². The van der Waals surface area contributed by atoms with Crippen molar-refractivity contribution in [1.82, 2.24) is 14.4 Å². The molecule has 0 saturated carbocycles. The van der Waals surface area contributed by atoms with Crippen LogP contribution in [0.3, 0.4) is 0 Å². The molecule has 32 heavy (non-hydrogen) atoms. The number of piperidine rings is 1. The number of fused-ring (bicyclic) bond motifs is 3. The molecule has 1 saturated heterocycles. The highest BCUT2D eigenvalue weighted by Gasteiger charge is 2.35. The van der Waals surface area contributed by atoms with Gasteiger partial charge in [-0.15, -0.1) is 0 Å². The number of benzene rings is 2. The van der Waals surface area contributed by atoms with Crippen LogP contribution < -0.4 is 0 Å². The quantitative estimate of drug-likeness (QED) is 0.581. The molecule has 1 aromatic heterocycles. The Morgan fingerprint density at radius 2 is 1.66 bits per heavy atom. The molecule has 168 valence electrons. The number of hydrogen-bond donors (Lipinski definition) is 0. The number of amides is 1. The van der Waals surface area contributed by atoms with Crippen LogP contribution in [0.1, 0.15) is 40.0 Å². The van der Waals surface area contributed by atoms with E-state index in [1.54, 1.807) is 12.1 Å². The summed E-state index contributed by atoms with van der Waals surface area (Å²) in [5.41, 5.74) is 3.33. The molecule has 2 aromatic carbocycles. The summed E-state index contributed by atoms with van der Waals surface area (Å²) in [7, 11) is 2.03. The fourth-order valence-corrected chi connectivity index (χ4v) is 5.24. The molecular formula is C25H26F3N3O. The third-order valence-electron chi connectivity index (χ3n) is 6.98. The number of halogens is 3. The second-order valence-electron chi connectivity index (χ2n) is 8.85. The average Bonchev–Trinajstić information content (AvgIpc) is 3.08. The van der Waals surface area contributed by atoms with Crippen LogP contribution in [0.5, 0.6) is 0 Å². The Hall–Kier alpha value is -2.80. The number of carbonyl (C=O) groups is 1. The molecule has 0 N–H and O–H groups in total. The Morgan fingerprint density at radius 1 is 0.969 bits per heavy atom. The number of alkyl halides is 3. The Balaban J connectivity index is 1.24. The first-order valence-electron chi connectivity index (χ1n) is 11.1. The van der Waals surface area contributed by atoms with E-state index in [9.17, 15) is 18.0 Å². The highest BCUT2D eigenvalue weighted by molar-refractivity contribution is 6.09. The number of rotatable bonds is 3. The number of nitrogens with zero attached hydrogens (tertiary/aromatic N) is 3. The highest BCUT2D eigenvalue weighted by atomic mass is 19.4. The molecule has 3 heterocycles. The topological polar surface area (TPSA) is 28.5 Å². The van der Waals surface area contributed by atoms with E-state index in [0.29, 0.717) is 6.54 Å². The van der Waals surface area contributed by atoms with Gasteiger partial charge in [-0.2, -0.15) is 13.2 Å². The minimum absolute atomic E-state index is 0.129. The third kappa shape index (κ3) is 3.68. The maximum atomic E-state index is 13.4. The molecule has 0 bridgehead atoms. The first kappa shape index (κ1) is 21.1. The van der Waals surface area contributed by atoms with Gasteiger partial charge in [0.1, 0.15) is 0 Å². The monoisotopic (exact) mass is 441 g/mol. The minimum Gasteiger partial charge on any atom is -0.347 e. The van der Waals surface area contributed by atoms with Crippen LogP contribution in [0.4, 0.5) is 13.2 Å². The Bertz CT molecular complexity index is 1140. The van der Waals surface area contributed by atoms with E-state index in [4.69, 9.17) is 0 Å². The van der Waals surface area contributed by atoms with E-state index in [1.165, 1.54) is 0 Å². The van der Waals surface area contributed by atoms with Gasteiger partial charge in [0.15, 0.2) is 0 Å². The lowest BCUT2D eigenvalue weighted by Gasteiger charge is -2.40. The number of likely N-dealkylation sites (tertiary alicyclic amines) is 1. The lowest BCUT2D eigenvalue weighted by Crippen LogP contribution is -2.49. The van der Waals surface area contributed by atoms with E-state index >= 15 is 0 Å². The summed E-state index contributed by atoms with van der Waals surface area (Å²) in [6, 6.07) is 13.7. The molecule has 0 radical (unpaired) electrons. The number of hydrogen-bond acceptors (Lipinski definition) is 2. The van der Waals surface area contributed by atoms with Crippen LogP contribution in [0.25, 0.3) is 10.9 Å². The van der Waals surface area contributed by atoms with Gasteiger partial charge in [0, 0.05) is 62.3 Å². The molecule has 7 heteroatoms. The van der Waals surface area contributed by atoms with E-state index in [1.807, 2.05) is 30.1 Å². The Morgan fingerprint density at radius 3 is 2.34 bits per heavy atom. The SMILES string of the molecule is Cn1c2c(c3ccccc31)C(=O)N(C1CCN(Cc3ccc(C(F)(F)F)cc3)CC1)CC2. The molecule has 3 aromatic rings. The maximum Gasteiger partial charge on any atom is 0.416 e. The zero-order valence-electron chi connectivity index (χ0n) is 18.0. The van der Waals surface area contributed by atoms with Crippen LogP contribution in [0.15, 0.2) is 48.5 Å². The molecular weight excluding hydrogens is 415 g/mol. The minimum atomic E-state index is -4.30. The van der Waals surface area contributed by atoms with Crippen LogP contribution in [-0.2, 0) is 26.2 Å². The summed E-state index contributed by atoms with van der Waals surface area (Å²) in [5, 5.41) is 1.03. The third-order valence-corrected chi connectivity index (χ3v) is 6.98. The molecule has 1 fully saturated rings. The van der Waals surface area contributed by atoms with Crippen LogP contribution in [0, 0.1) is 0 Å². The maximum absolute atomic E-state index is 13.4. The number of carbonyl (C=O) groups excluding carboxylic acids is 1. The van der Waals surface area contributed by atoms with Crippen molar-refractivity contribution < 1.29 is 18.0 Å². The van der Waals surface area contributed by atoms with Crippen molar-refractivity contribution in [2.75, 3.05) is 19.6 Å². The molecule has 2 aliphatic rings. The first-order chi connectivity index (χ1) is 15.3. The van der Waals surface area contributed by atoms with E-state index in [-0.39, 0.29) is 11.9 Å². The van der Waals surface area contributed by atoms with Gasteiger partial charge in [0.25, 0.3) is 5.91 Å². The van der Waals surface area contributed by atoms with Crippen LogP contribution >= 0.6 is 0 Å². The normalized spacial score (nSPS) is 18.4. The number of para-hydroxylation sites is 1. The zero-order valence-corrected chi connectivity index (χ0v) is 18.0. The van der Waals surface area contributed by atoms with Crippen molar-refractivity contribution in [2.45, 2.75) is 38.0 Å². The molecule has 0 aliphatic carbocycles. The standard InChI is InChI=1S/C25H26F3N3O/c1-29-21-5-3-2-4-20(21)23-22(29)12-15-31(24(23)32)19-10-13-30(14-11-19)16-17-6-8-18(9-7-17)25(26,27)28/h2-9,19H,10-16H2,1H3. The molecule has 4 nitrogen and oxygen atoms in total. The molecule has 2 aliphatic heterocycles. The molecule has 0 spiro atoms. The van der Waals surface area contributed by atoms with Crippen molar-refractivity contribution in [3.05, 3.63) is 70.9 Å². The predicted molar refractivity (Wildman–Crippen MR) is 117 cm³/mol. The largest absolute Gasteiger partial charge is 0.416 e. The Kier molecular flexibility index (Phi) is 5.24. The second kappa shape index (κ2) is 7.96. The van der Waals surface area contributed by atoms with Crippen molar-refractivity contribution >= 4 is 16.8 Å². The average molecular weight is 441 g/mol. The van der Waals surface area contributed by atoms with Gasteiger partial charge in [0.05, 0.1) is 11.1 Å². The van der Waals surface area contributed by atoms with Crippen molar-refractivity contribution in [2.24, 2.45) is 7.05 Å². The number of aryl methyl sites for hydroxylation is 1. The molecule has 0 atom stereocenters. The van der Waals surface area contributed by atoms with Gasteiger partial charge in [-0.25, -0.2) is 0 Å². The first-order valence-corrected chi connectivity index (χ1v) is 11.1. The van der Waals surface area contributed by atoms with E-state index in [0.717, 1.165) is 78.8 Å². The van der Waals surface area contributed by atoms with Gasteiger partial charge >= 0.3 is 6.18 Å². The highest BCUT2D eigenvalue weighted by Crippen LogP contribution is 2.33. The Labute approximate surface area is 185 Å². The number of aromatic nitrogens is 1. The fourth-order valence-electron chi connectivity index (χ4n) is 5.24. The van der Waals surface area contributed by atoms with Gasteiger partial charge in [-0.3, -0.25) is 9.69 Å². The van der Waals surface area contributed by atoms with Gasteiger partial charge in [0.2, 0.25) is 0 Å². The second-order valence-corrected chi connectivity index (χ2v) is 8.85. The van der Waals surface area contributed by atoms with Crippen LogP contribution in [0.2, 0.25) is 0 Å². The lowest BCUT2D eigenvalue weighted by atomic mass is 9.97. The smallest absolute Gasteiger partial charge is 0.347 e. The summed E-state index contributed by atoms with van der Waals surface area (Å²) in [6.07, 6.45) is -1.68. The fraction of sp³-hybridized carbons (Fsp3) is 0.400. The van der Waals surface area contributed by atoms with Crippen LogP contribution in [-0.4, -0.2) is 46.0 Å². The zero-order chi connectivity index (χ0) is 22.5. The van der Waals surface area contributed by atoms with E-state index < -0.39 is 11.7 Å². The summed E-state index contributed by atoms with van der Waals surface area (Å²) >= 11 is 0. The van der Waals surface area contributed by atoms with Gasteiger partial charge in [-0.1, -0.05) is 30.3 Å². The van der Waals surface area contributed by atoms with Gasteiger partial charge < -0.3 is 9.47 Å². The molecule has 1 amide bonds. The molecule has 5 rings (SSSR count). The molecule has 0 unspecified atom stereocenters. The summed E-state index contributed by atoms with van der Waals surface area (Å²) < 4.78 is 40.4. The summed E-state index contributed by atoms with van der Waals surface area (Å²) in [5.74, 6) is 0.129. The van der Waals surface area contributed by atoms with Gasteiger partial charge in [-0.05, 0) is 36.6 Å². The predicted octanol–water partition coefficient (Wildman–Crippen LogP) is 4.86. The van der Waals surface area contributed by atoms with E-state index in [2.05, 4.69) is 15.5 Å². The van der Waals surface area contributed by atoms with Crippen molar-refractivity contribution in [3.63, 3.8) is 0 Å². The lowest BCUT2D eigenvalue weighted by molar-refractivity contribution is -0.137.